The summed E-state index contributed by atoms with van der Waals surface area (Å²) in [6.45, 7) is 0.726. The fraction of sp³-hybridized carbons (Fsp3) is 0.211. The summed E-state index contributed by atoms with van der Waals surface area (Å²) in [7, 11) is 1.57. The predicted molar refractivity (Wildman–Crippen MR) is 97.8 cm³/mol. The number of hydrogen-bond acceptors (Lipinski definition) is 3. The SMILES string of the molecule is COc1ccc(Cl)cc1-c1nn(-c2ccc(C(F)(F)F)cc2)c2c1CCN2. The van der Waals surface area contributed by atoms with Gasteiger partial charge in [0.05, 0.1) is 18.4 Å². The summed E-state index contributed by atoms with van der Waals surface area (Å²) in [4.78, 5) is 0. The number of aromatic nitrogens is 2. The molecule has 1 N–H and O–H groups in total. The van der Waals surface area contributed by atoms with Crippen LogP contribution in [0.5, 0.6) is 5.75 Å². The number of anilines is 1. The predicted octanol–water partition coefficient (Wildman–Crippen LogP) is 5.19. The van der Waals surface area contributed by atoms with Crippen LogP contribution in [0.4, 0.5) is 19.0 Å². The average molecular weight is 394 g/mol. The van der Waals surface area contributed by atoms with Crippen molar-refractivity contribution in [3.63, 3.8) is 0 Å². The summed E-state index contributed by atoms with van der Waals surface area (Å²) in [5.74, 6) is 1.40. The third-order valence-corrected chi connectivity index (χ3v) is 4.74. The summed E-state index contributed by atoms with van der Waals surface area (Å²) >= 11 is 6.15. The molecule has 0 amide bonds. The van der Waals surface area contributed by atoms with E-state index >= 15 is 0 Å². The minimum atomic E-state index is -4.37. The molecule has 0 atom stereocenters. The monoisotopic (exact) mass is 393 g/mol. The molecule has 0 saturated heterocycles. The molecule has 0 fully saturated rings. The van der Waals surface area contributed by atoms with E-state index < -0.39 is 11.7 Å². The summed E-state index contributed by atoms with van der Waals surface area (Å²) in [6.07, 6.45) is -3.62. The molecular formula is C19H15ClF3N3O. The lowest BCUT2D eigenvalue weighted by molar-refractivity contribution is -0.137. The fourth-order valence-electron chi connectivity index (χ4n) is 3.23. The van der Waals surface area contributed by atoms with Gasteiger partial charge in [-0.3, -0.25) is 0 Å². The smallest absolute Gasteiger partial charge is 0.416 e. The van der Waals surface area contributed by atoms with Gasteiger partial charge in [0.15, 0.2) is 0 Å². The minimum Gasteiger partial charge on any atom is -0.496 e. The maximum absolute atomic E-state index is 12.8. The van der Waals surface area contributed by atoms with E-state index in [1.165, 1.54) is 12.1 Å². The Kier molecular flexibility index (Phi) is 4.26. The third kappa shape index (κ3) is 3.12. The second kappa shape index (κ2) is 6.49. The molecule has 2 heterocycles. The lowest BCUT2D eigenvalue weighted by Crippen LogP contribution is -2.07. The molecule has 0 spiro atoms. The largest absolute Gasteiger partial charge is 0.496 e. The Morgan fingerprint density at radius 3 is 2.56 bits per heavy atom. The van der Waals surface area contributed by atoms with E-state index in [0.29, 0.717) is 22.2 Å². The minimum absolute atomic E-state index is 0.542. The van der Waals surface area contributed by atoms with Gasteiger partial charge in [0, 0.05) is 22.7 Å². The van der Waals surface area contributed by atoms with Gasteiger partial charge in [-0.2, -0.15) is 18.3 Å². The fourth-order valence-corrected chi connectivity index (χ4v) is 3.41. The van der Waals surface area contributed by atoms with Gasteiger partial charge < -0.3 is 10.1 Å². The number of methoxy groups -OCH3 is 1. The Hall–Kier alpha value is -2.67. The molecular weight excluding hydrogens is 379 g/mol. The molecule has 8 heteroatoms. The molecule has 3 aromatic rings. The first kappa shape index (κ1) is 17.7. The van der Waals surface area contributed by atoms with Crippen LogP contribution in [-0.4, -0.2) is 23.4 Å². The van der Waals surface area contributed by atoms with Crippen molar-refractivity contribution >= 4 is 17.4 Å². The zero-order valence-electron chi connectivity index (χ0n) is 14.3. The van der Waals surface area contributed by atoms with Crippen molar-refractivity contribution in [1.29, 1.82) is 0 Å². The zero-order chi connectivity index (χ0) is 19.2. The number of benzene rings is 2. The van der Waals surface area contributed by atoms with Crippen molar-refractivity contribution in [2.24, 2.45) is 0 Å². The van der Waals surface area contributed by atoms with Gasteiger partial charge in [0.25, 0.3) is 0 Å². The van der Waals surface area contributed by atoms with Crippen LogP contribution in [0, 0.1) is 0 Å². The van der Waals surface area contributed by atoms with E-state index in [1.54, 1.807) is 30.0 Å². The molecule has 2 aromatic carbocycles. The average Bonchev–Trinajstić information content (AvgIpc) is 3.23. The summed E-state index contributed by atoms with van der Waals surface area (Å²) in [5.41, 5.74) is 2.28. The third-order valence-electron chi connectivity index (χ3n) is 4.51. The molecule has 4 rings (SSSR count). The zero-order valence-corrected chi connectivity index (χ0v) is 15.0. The number of nitrogens with zero attached hydrogens (tertiary/aromatic N) is 2. The van der Waals surface area contributed by atoms with Crippen LogP contribution in [0.2, 0.25) is 5.02 Å². The first-order valence-electron chi connectivity index (χ1n) is 8.26. The molecule has 1 aliphatic rings. The van der Waals surface area contributed by atoms with Gasteiger partial charge in [-0.15, -0.1) is 0 Å². The van der Waals surface area contributed by atoms with E-state index in [0.717, 1.165) is 42.0 Å². The lowest BCUT2D eigenvalue weighted by atomic mass is 10.1. The van der Waals surface area contributed by atoms with Gasteiger partial charge in [-0.25, -0.2) is 4.68 Å². The Morgan fingerprint density at radius 1 is 1.15 bits per heavy atom. The van der Waals surface area contributed by atoms with Crippen LogP contribution in [-0.2, 0) is 12.6 Å². The lowest BCUT2D eigenvalue weighted by Gasteiger charge is -2.10. The molecule has 140 valence electrons. The van der Waals surface area contributed by atoms with Gasteiger partial charge in [-0.05, 0) is 48.9 Å². The van der Waals surface area contributed by atoms with Crippen LogP contribution in [0.25, 0.3) is 16.9 Å². The maximum atomic E-state index is 12.8. The van der Waals surface area contributed by atoms with Crippen molar-refractivity contribution < 1.29 is 17.9 Å². The molecule has 27 heavy (non-hydrogen) atoms. The summed E-state index contributed by atoms with van der Waals surface area (Å²) < 4.78 is 45.5. The van der Waals surface area contributed by atoms with E-state index in [2.05, 4.69) is 10.4 Å². The summed E-state index contributed by atoms with van der Waals surface area (Å²) in [5, 5.41) is 8.46. The Bertz CT molecular complexity index is 997. The van der Waals surface area contributed by atoms with Gasteiger partial charge in [-0.1, -0.05) is 11.6 Å². The molecule has 1 aromatic heterocycles. The van der Waals surface area contributed by atoms with Crippen molar-refractivity contribution in [3.05, 3.63) is 58.6 Å². The molecule has 1 aliphatic heterocycles. The maximum Gasteiger partial charge on any atom is 0.416 e. The van der Waals surface area contributed by atoms with Crippen molar-refractivity contribution in [2.75, 3.05) is 19.0 Å². The second-order valence-electron chi connectivity index (χ2n) is 6.15. The van der Waals surface area contributed by atoms with Gasteiger partial charge in [0.2, 0.25) is 0 Å². The number of halogens is 4. The number of alkyl halides is 3. The molecule has 0 aliphatic carbocycles. The first-order valence-corrected chi connectivity index (χ1v) is 8.63. The molecule has 0 saturated carbocycles. The topological polar surface area (TPSA) is 39.1 Å². The molecule has 0 unspecified atom stereocenters. The molecule has 0 radical (unpaired) electrons. The Balaban J connectivity index is 1.84. The van der Waals surface area contributed by atoms with Crippen molar-refractivity contribution in [2.45, 2.75) is 12.6 Å². The van der Waals surface area contributed by atoms with E-state index in [-0.39, 0.29) is 0 Å². The number of nitrogens with one attached hydrogen (secondary N) is 1. The van der Waals surface area contributed by atoms with Crippen LogP contribution in [0.1, 0.15) is 11.1 Å². The molecule has 0 bridgehead atoms. The number of rotatable bonds is 3. The van der Waals surface area contributed by atoms with Gasteiger partial charge in [0.1, 0.15) is 17.3 Å². The van der Waals surface area contributed by atoms with E-state index in [1.807, 2.05) is 0 Å². The number of hydrogen-bond donors (Lipinski definition) is 1. The highest BCUT2D eigenvalue weighted by Gasteiger charge is 2.31. The van der Waals surface area contributed by atoms with E-state index in [4.69, 9.17) is 16.3 Å². The van der Waals surface area contributed by atoms with Crippen LogP contribution in [0.15, 0.2) is 42.5 Å². The van der Waals surface area contributed by atoms with Gasteiger partial charge >= 0.3 is 6.18 Å². The highest BCUT2D eigenvalue weighted by Crippen LogP contribution is 2.40. The highest BCUT2D eigenvalue weighted by atomic mass is 35.5. The standard InChI is InChI=1S/C19H15ClF3N3O/c1-27-16-7-4-12(20)10-15(16)17-14-8-9-24-18(14)26(25-17)13-5-2-11(3-6-13)19(21,22)23/h2-7,10,24H,8-9H2,1H3. The second-order valence-corrected chi connectivity index (χ2v) is 6.59. The number of fused-ring (bicyclic) bond motifs is 1. The van der Waals surface area contributed by atoms with Crippen LogP contribution in [0.3, 0.4) is 0 Å². The Morgan fingerprint density at radius 2 is 1.89 bits per heavy atom. The molecule has 4 nitrogen and oxygen atoms in total. The Labute approximate surface area is 158 Å². The quantitative estimate of drug-likeness (QED) is 0.665. The first-order chi connectivity index (χ1) is 12.9. The normalized spacial score (nSPS) is 13.4. The van der Waals surface area contributed by atoms with Crippen molar-refractivity contribution in [3.8, 4) is 22.7 Å². The van der Waals surface area contributed by atoms with Crippen LogP contribution >= 0.6 is 11.6 Å². The summed E-state index contributed by atoms with van der Waals surface area (Å²) in [6, 6.07) is 10.2. The van der Waals surface area contributed by atoms with E-state index in [9.17, 15) is 13.2 Å². The number of ether oxygens (including phenoxy) is 1. The highest BCUT2D eigenvalue weighted by molar-refractivity contribution is 6.31. The van der Waals surface area contributed by atoms with Crippen molar-refractivity contribution in [1.82, 2.24) is 9.78 Å². The van der Waals surface area contributed by atoms with Crippen LogP contribution < -0.4 is 10.1 Å².